The van der Waals surface area contributed by atoms with E-state index in [-0.39, 0.29) is 0 Å². The van der Waals surface area contributed by atoms with Crippen molar-refractivity contribution < 1.29 is 14.2 Å². The topological polar surface area (TPSA) is 58.4 Å². The first-order valence-corrected chi connectivity index (χ1v) is 7.04. The molecule has 0 radical (unpaired) electrons. The van der Waals surface area contributed by atoms with Gasteiger partial charge in [0, 0.05) is 5.56 Å². The van der Waals surface area contributed by atoms with E-state index in [4.69, 9.17) is 14.2 Å². The summed E-state index contributed by atoms with van der Waals surface area (Å²) < 4.78 is 15.7. The Morgan fingerprint density at radius 3 is 2.22 bits per heavy atom. The Hall–Kier alpha value is -3.02. The first-order chi connectivity index (χ1) is 11.2. The summed E-state index contributed by atoms with van der Waals surface area (Å²) in [6.07, 6.45) is 1.71. The molecule has 23 heavy (non-hydrogen) atoms. The lowest BCUT2D eigenvalue weighted by molar-refractivity contribution is 0.355. The molecule has 0 fully saturated rings. The van der Waals surface area contributed by atoms with Crippen LogP contribution < -0.4 is 14.2 Å². The van der Waals surface area contributed by atoms with Gasteiger partial charge in [0.2, 0.25) is 0 Å². The molecule has 0 atom stereocenters. The lowest BCUT2D eigenvalue weighted by atomic mass is 10.1. The SMILES string of the molecule is COc1ccc(-n2ncc(-c3ccc(OC)c(OC)c3)n2)cc1. The molecule has 3 aromatic rings. The Kier molecular flexibility index (Phi) is 4.14. The quantitative estimate of drug-likeness (QED) is 0.725. The second-order valence-electron chi connectivity index (χ2n) is 4.79. The molecule has 6 heteroatoms. The van der Waals surface area contributed by atoms with Gasteiger partial charge in [-0.05, 0) is 42.5 Å². The highest BCUT2D eigenvalue weighted by atomic mass is 16.5. The van der Waals surface area contributed by atoms with Gasteiger partial charge in [0.15, 0.2) is 11.5 Å². The van der Waals surface area contributed by atoms with Crippen LogP contribution in [0.25, 0.3) is 16.9 Å². The fourth-order valence-corrected chi connectivity index (χ4v) is 2.23. The molecule has 0 amide bonds. The van der Waals surface area contributed by atoms with Crippen molar-refractivity contribution in [2.24, 2.45) is 0 Å². The van der Waals surface area contributed by atoms with E-state index in [0.29, 0.717) is 11.5 Å². The molecule has 1 aromatic heterocycles. The molecule has 6 nitrogen and oxygen atoms in total. The second kappa shape index (κ2) is 6.39. The van der Waals surface area contributed by atoms with Crippen molar-refractivity contribution in [1.29, 1.82) is 0 Å². The Balaban J connectivity index is 1.92. The van der Waals surface area contributed by atoms with Crippen LogP contribution >= 0.6 is 0 Å². The Morgan fingerprint density at radius 2 is 1.57 bits per heavy atom. The van der Waals surface area contributed by atoms with Crippen molar-refractivity contribution in [3.05, 3.63) is 48.7 Å². The number of aromatic nitrogens is 3. The molecule has 0 saturated carbocycles. The average molecular weight is 311 g/mol. The van der Waals surface area contributed by atoms with Gasteiger partial charge in [-0.3, -0.25) is 0 Å². The lowest BCUT2D eigenvalue weighted by Gasteiger charge is -2.08. The van der Waals surface area contributed by atoms with Crippen LogP contribution in [-0.4, -0.2) is 36.3 Å². The van der Waals surface area contributed by atoms with E-state index in [0.717, 1.165) is 22.7 Å². The smallest absolute Gasteiger partial charge is 0.161 e. The highest BCUT2D eigenvalue weighted by Crippen LogP contribution is 2.31. The highest BCUT2D eigenvalue weighted by molar-refractivity contribution is 5.63. The van der Waals surface area contributed by atoms with Gasteiger partial charge in [0.1, 0.15) is 11.4 Å². The molecule has 1 heterocycles. The predicted octanol–water partition coefficient (Wildman–Crippen LogP) is 2.96. The molecule has 0 aliphatic heterocycles. The minimum absolute atomic E-state index is 0.656. The van der Waals surface area contributed by atoms with Crippen molar-refractivity contribution >= 4 is 0 Å². The molecular weight excluding hydrogens is 294 g/mol. The molecule has 0 unspecified atom stereocenters. The minimum Gasteiger partial charge on any atom is -0.497 e. The van der Waals surface area contributed by atoms with Gasteiger partial charge in [-0.25, -0.2) is 0 Å². The van der Waals surface area contributed by atoms with E-state index < -0.39 is 0 Å². The van der Waals surface area contributed by atoms with Crippen molar-refractivity contribution in [1.82, 2.24) is 15.0 Å². The number of rotatable bonds is 5. The Labute approximate surface area is 134 Å². The zero-order valence-electron chi connectivity index (χ0n) is 13.2. The third kappa shape index (κ3) is 2.96. The van der Waals surface area contributed by atoms with Crippen LogP contribution in [0.5, 0.6) is 17.2 Å². The predicted molar refractivity (Wildman–Crippen MR) is 86.5 cm³/mol. The average Bonchev–Trinajstić information content (AvgIpc) is 3.11. The molecule has 3 rings (SSSR count). The van der Waals surface area contributed by atoms with Crippen molar-refractivity contribution in [2.75, 3.05) is 21.3 Å². The van der Waals surface area contributed by atoms with E-state index >= 15 is 0 Å². The molecule has 0 spiro atoms. The number of hydrogen-bond acceptors (Lipinski definition) is 5. The van der Waals surface area contributed by atoms with Crippen LogP contribution in [-0.2, 0) is 0 Å². The van der Waals surface area contributed by atoms with Crippen LogP contribution in [0.1, 0.15) is 0 Å². The fourth-order valence-electron chi connectivity index (χ4n) is 2.23. The molecule has 0 aliphatic carbocycles. The fraction of sp³-hybridized carbons (Fsp3) is 0.176. The van der Waals surface area contributed by atoms with Crippen LogP contribution in [0.15, 0.2) is 48.7 Å². The molecule has 0 bridgehead atoms. The number of nitrogens with zero attached hydrogens (tertiary/aromatic N) is 3. The first-order valence-electron chi connectivity index (χ1n) is 7.04. The van der Waals surface area contributed by atoms with Gasteiger partial charge in [0.25, 0.3) is 0 Å². The lowest BCUT2D eigenvalue weighted by Crippen LogP contribution is -1.98. The number of benzene rings is 2. The molecule has 2 aromatic carbocycles. The summed E-state index contributed by atoms with van der Waals surface area (Å²) in [4.78, 5) is 1.57. The van der Waals surface area contributed by atoms with Crippen LogP contribution in [0.3, 0.4) is 0 Å². The summed E-state index contributed by atoms with van der Waals surface area (Å²) in [5.74, 6) is 2.13. The number of ether oxygens (including phenoxy) is 3. The minimum atomic E-state index is 0.656. The Morgan fingerprint density at radius 1 is 0.826 bits per heavy atom. The van der Waals surface area contributed by atoms with Gasteiger partial charge < -0.3 is 14.2 Å². The first kappa shape index (κ1) is 14.9. The summed E-state index contributed by atoms with van der Waals surface area (Å²) in [6, 6.07) is 13.2. The molecule has 0 N–H and O–H groups in total. The van der Waals surface area contributed by atoms with Crippen molar-refractivity contribution in [3.8, 4) is 34.2 Å². The molecule has 0 aliphatic rings. The normalized spacial score (nSPS) is 10.4. The summed E-state index contributed by atoms with van der Waals surface area (Å²) in [7, 11) is 4.85. The van der Waals surface area contributed by atoms with Gasteiger partial charge in [-0.15, -0.1) is 5.10 Å². The number of methoxy groups -OCH3 is 3. The zero-order valence-corrected chi connectivity index (χ0v) is 13.2. The maximum atomic E-state index is 5.32. The van der Waals surface area contributed by atoms with E-state index in [1.165, 1.54) is 0 Å². The summed E-state index contributed by atoms with van der Waals surface area (Å²) in [5, 5.41) is 8.81. The van der Waals surface area contributed by atoms with E-state index in [2.05, 4.69) is 10.2 Å². The van der Waals surface area contributed by atoms with E-state index in [9.17, 15) is 0 Å². The Bertz CT molecular complexity index is 797. The summed E-state index contributed by atoms with van der Waals surface area (Å²) >= 11 is 0. The van der Waals surface area contributed by atoms with Gasteiger partial charge in [0.05, 0.1) is 33.2 Å². The van der Waals surface area contributed by atoms with Crippen LogP contribution in [0, 0.1) is 0 Å². The third-order valence-electron chi connectivity index (χ3n) is 3.47. The molecular formula is C17H17N3O3. The maximum absolute atomic E-state index is 5.32. The largest absolute Gasteiger partial charge is 0.497 e. The van der Waals surface area contributed by atoms with E-state index in [1.807, 2.05) is 42.5 Å². The standard InChI is InChI=1S/C17H17N3O3/c1-21-14-7-5-13(6-8-14)20-18-11-15(19-20)12-4-9-16(22-2)17(10-12)23-3/h4-11H,1-3H3. The summed E-state index contributed by atoms with van der Waals surface area (Å²) in [6.45, 7) is 0. The van der Waals surface area contributed by atoms with Crippen molar-refractivity contribution in [3.63, 3.8) is 0 Å². The van der Waals surface area contributed by atoms with Crippen LogP contribution in [0.2, 0.25) is 0 Å². The van der Waals surface area contributed by atoms with Crippen molar-refractivity contribution in [2.45, 2.75) is 0 Å². The zero-order chi connectivity index (χ0) is 16.2. The highest BCUT2D eigenvalue weighted by Gasteiger charge is 2.10. The van der Waals surface area contributed by atoms with Gasteiger partial charge >= 0.3 is 0 Å². The maximum Gasteiger partial charge on any atom is 0.161 e. The van der Waals surface area contributed by atoms with Crippen LogP contribution in [0.4, 0.5) is 0 Å². The molecule has 0 saturated heterocycles. The van der Waals surface area contributed by atoms with Gasteiger partial charge in [-0.1, -0.05) is 0 Å². The monoisotopic (exact) mass is 311 g/mol. The molecule has 118 valence electrons. The third-order valence-corrected chi connectivity index (χ3v) is 3.47. The van der Waals surface area contributed by atoms with E-state index in [1.54, 1.807) is 32.3 Å². The number of hydrogen-bond donors (Lipinski definition) is 0. The second-order valence-corrected chi connectivity index (χ2v) is 4.79. The van der Waals surface area contributed by atoms with Gasteiger partial charge in [-0.2, -0.15) is 9.90 Å². The summed E-state index contributed by atoms with van der Waals surface area (Å²) in [5.41, 5.74) is 2.52.